The van der Waals surface area contributed by atoms with Gasteiger partial charge in [-0.3, -0.25) is 5.84 Å². The molecule has 0 fully saturated rings. The topological polar surface area (TPSA) is 55.9 Å². The molecule has 2 rings (SSSR count). The Balaban J connectivity index is 2.39. The summed E-state index contributed by atoms with van der Waals surface area (Å²) in [4.78, 5) is 4.04. The first-order chi connectivity index (χ1) is 9.32. The van der Waals surface area contributed by atoms with Crippen molar-refractivity contribution >= 4 is 0 Å². The van der Waals surface area contributed by atoms with Crippen molar-refractivity contribution in [2.45, 2.75) is 12.2 Å². The van der Waals surface area contributed by atoms with Crippen LogP contribution in [0, 0.1) is 5.82 Å². The van der Waals surface area contributed by atoms with E-state index < -0.39 is 23.6 Å². The van der Waals surface area contributed by atoms with E-state index in [0.29, 0.717) is 11.8 Å². The summed E-state index contributed by atoms with van der Waals surface area (Å²) in [5.74, 6) is 4.03. The Morgan fingerprint density at radius 1 is 1.35 bits per heavy atom. The van der Waals surface area contributed by atoms with E-state index in [1.165, 1.54) is 12.4 Å². The van der Waals surface area contributed by atoms with Crippen LogP contribution in [0.1, 0.15) is 22.9 Å². The maximum absolute atomic E-state index is 13.5. The van der Waals surface area contributed by atoms with Crippen molar-refractivity contribution in [2.24, 2.45) is 12.9 Å². The van der Waals surface area contributed by atoms with E-state index in [-0.39, 0.29) is 5.56 Å². The van der Waals surface area contributed by atoms with Gasteiger partial charge in [0.25, 0.3) is 0 Å². The number of halogens is 4. The van der Waals surface area contributed by atoms with Gasteiger partial charge in [-0.05, 0) is 17.7 Å². The Bertz CT molecular complexity index is 606. The van der Waals surface area contributed by atoms with Crippen LogP contribution in [0.25, 0.3) is 0 Å². The van der Waals surface area contributed by atoms with E-state index in [0.717, 1.165) is 6.07 Å². The molecule has 20 heavy (non-hydrogen) atoms. The summed E-state index contributed by atoms with van der Waals surface area (Å²) in [6.45, 7) is 0. The van der Waals surface area contributed by atoms with Gasteiger partial charge in [0.05, 0.1) is 23.6 Å². The number of hydrogen-bond donors (Lipinski definition) is 2. The average molecular weight is 288 g/mol. The first-order valence-corrected chi connectivity index (χ1v) is 5.63. The van der Waals surface area contributed by atoms with Crippen molar-refractivity contribution in [1.29, 1.82) is 0 Å². The van der Waals surface area contributed by atoms with Crippen molar-refractivity contribution in [3.8, 4) is 0 Å². The highest BCUT2D eigenvalue weighted by Crippen LogP contribution is 2.33. The fraction of sp³-hybridized carbons (Fsp3) is 0.250. The lowest BCUT2D eigenvalue weighted by Crippen LogP contribution is -2.29. The van der Waals surface area contributed by atoms with Crippen molar-refractivity contribution in [3.05, 3.63) is 53.4 Å². The predicted octanol–water partition coefficient (Wildman–Crippen LogP) is 2.13. The fourth-order valence-corrected chi connectivity index (χ4v) is 1.88. The number of nitrogens with one attached hydrogen (secondary N) is 1. The van der Waals surface area contributed by atoms with E-state index in [9.17, 15) is 17.6 Å². The molecule has 108 valence electrons. The number of aryl methyl sites for hydroxylation is 1. The van der Waals surface area contributed by atoms with Crippen molar-refractivity contribution in [1.82, 2.24) is 15.0 Å². The second-order valence-electron chi connectivity index (χ2n) is 4.30. The average Bonchev–Trinajstić information content (AvgIpc) is 2.75. The highest BCUT2D eigenvalue weighted by molar-refractivity contribution is 5.32. The van der Waals surface area contributed by atoms with Gasteiger partial charge in [-0.2, -0.15) is 13.2 Å². The third-order valence-electron chi connectivity index (χ3n) is 2.82. The quantitative estimate of drug-likeness (QED) is 0.517. The Kier molecular flexibility index (Phi) is 3.78. The maximum Gasteiger partial charge on any atom is 0.419 e. The predicted molar refractivity (Wildman–Crippen MR) is 63.8 cm³/mol. The minimum absolute atomic E-state index is 0.261. The third-order valence-corrected chi connectivity index (χ3v) is 2.82. The van der Waals surface area contributed by atoms with Crippen LogP contribution in [0.5, 0.6) is 0 Å². The van der Waals surface area contributed by atoms with Gasteiger partial charge in [0.1, 0.15) is 5.82 Å². The Morgan fingerprint density at radius 3 is 2.50 bits per heavy atom. The Labute approximate surface area is 112 Å². The van der Waals surface area contributed by atoms with Crippen LogP contribution in [-0.2, 0) is 13.2 Å². The highest BCUT2D eigenvalue weighted by atomic mass is 19.4. The molecule has 1 aromatic heterocycles. The van der Waals surface area contributed by atoms with Crippen molar-refractivity contribution in [3.63, 3.8) is 0 Å². The van der Waals surface area contributed by atoms with Gasteiger partial charge in [-0.25, -0.2) is 14.8 Å². The molecule has 1 heterocycles. The lowest BCUT2D eigenvalue weighted by atomic mass is 10.0. The molecule has 0 saturated heterocycles. The molecule has 0 radical (unpaired) electrons. The lowest BCUT2D eigenvalue weighted by Gasteiger charge is -2.16. The van der Waals surface area contributed by atoms with Gasteiger partial charge >= 0.3 is 6.18 Å². The molecule has 0 saturated carbocycles. The first kappa shape index (κ1) is 14.5. The number of benzene rings is 1. The maximum atomic E-state index is 13.5. The number of imidazole rings is 1. The minimum atomic E-state index is -4.72. The number of rotatable bonds is 3. The van der Waals surface area contributed by atoms with Crippen molar-refractivity contribution in [2.75, 3.05) is 0 Å². The van der Waals surface area contributed by atoms with E-state index >= 15 is 0 Å². The number of nitrogens with two attached hydrogens (primary N) is 1. The Hall–Kier alpha value is -1.93. The summed E-state index contributed by atoms with van der Waals surface area (Å²) < 4.78 is 52.7. The molecule has 2 aromatic rings. The molecule has 1 unspecified atom stereocenters. The Morgan fingerprint density at radius 2 is 2.05 bits per heavy atom. The molecule has 1 atom stereocenters. The first-order valence-electron chi connectivity index (χ1n) is 5.63. The molecule has 0 aliphatic carbocycles. The summed E-state index contributed by atoms with van der Waals surface area (Å²) in [5.41, 5.74) is 1.84. The molecule has 4 nitrogen and oxygen atoms in total. The number of hydrazine groups is 1. The second-order valence-corrected chi connectivity index (χ2v) is 4.30. The van der Waals surface area contributed by atoms with Crippen LogP contribution in [0.15, 0.2) is 30.7 Å². The number of nitrogens with zero attached hydrogens (tertiary/aromatic N) is 2. The molecule has 3 N–H and O–H groups in total. The molecule has 1 aromatic carbocycles. The molecular weight excluding hydrogens is 276 g/mol. The van der Waals surface area contributed by atoms with E-state index in [1.807, 2.05) is 0 Å². The third kappa shape index (κ3) is 2.81. The zero-order chi connectivity index (χ0) is 14.9. The molecule has 0 amide bonds. The van der Waals surface area contributed by atoms with Crippen LogP contribution in [0.2, 0.25) is 0 Å². The summed E-state index contributed by atoms with van der Waals surface area (Å²) in [5, 5.41) is 0. The zero-order valence-electron chi connectivity index (χ0n) is 10.4. The molecule has 0 bridgehead atoms. The van der Waals surface area contributed by atoms with Gasteiger partial charge in [0, 0.05) is 13.2 Å². The van der Waals surface area contributed by atoms with E-state index in [4.69, 9.17) is 5.84 Å². The minimum Gasteiger partial charge on any atom is -0.340 e. The number of alkyl halides is 3. The molecule has 8 heteroatoms. The molecule has 0 aliphatic rings. The summed E-state index contributed by atoms with van der Waals surface area (Å²) >= 11 is 0. The van der Waals surface area contributed by atoms with Crippen LogP contribution < -0.4 is 11.3 Å². The van der Waals surface area contributed by atoms with Gasteiger partial charge in [-0.15, -0.1) is 0 Å². The number of aromatic nitrogens is 2. The summed E-state index contributed by atoms with van der Waals surface area (Å²) in [6.07, 6.45) is -1.57. The molecular formula is C12H12F4N4. The monoisotopic (exact) mass is 288 g/mol. The molecule has 0 spiro atoms. The second kappa shape index (κ2) is 5.22. The van der Waals surface area contributed by atoms with Crippen LogP contribution in [0.3, 0.4) is 0 Å². The van der Waals surface area contributed by atoms with Crippen LogP contribution >= 0.6 is 0 Å². The van der Waals surface area contributed by atoms with Gasteiger partial charge in [0.15, 0.2) is 0 Å². The van der Waals surface area contributed by atoms with Gasteiger partial charge in [-0.1, -0.05) is 6.07 Å². The van der Waals surface area contributed by atoms with Gasteiger partial charge in [0.2, 0.25) is 0 Å². The number of hydrogen-bond acceptors (Lipinski definition) is 3. The fourth-order valence-electron chi connectivity index (χ4n) is 1.88. The highest BCUT2D eigenvalue weighted by Gasteiger charge is 2.34. The standard InChI is InChI=1S/C12H12F4N4/c1-20-5-10(18-6-20)11(19-17)7-2-3-8(9(13)4-7)12(14,15)16/h2-6,11,19H,17H2,1H3. The zero-order valence-corrected chi connectivity index (χ0v) is 10.4. The normalized spacial score (nSPS) is 13.5. The summed E-state index contributed by atoms with van der Waals surface area (Å²) in [7, 11) is 1.73. The van der Waals surface area contributed by atoms with E-state index in [2.05, 4.69) is 10.4 Å². The largest absolute Gasteiger partial charge is 0.419 e. The molecule has 0 aliphatic heterocycles. The summed E-state index contributed by atoms with van der Waals surface area (Å²) in [6, 6.07) is 1.98. The SMILES string of the molecule is Cn1cnc(C(NN)c2ccc(C(F)(F)F)c(F)c2)c1. The lowest BCUT2D eigenvalue weighted by molar-refractivity contribution is -0.140. The van der Waals surface area contributed by atoms with Crippen LogP contribution in [-0.4, -0.2) is 9.55 Å². The van der Waals surface area contributed by atoms with Crippen molar-refractivity contribution < 1.29 is 17.6 Å². The van der Waals surface area contributed by atoms with E-state index in [1.54, 1.807) is 17.8 Å². The van der Waals surface area contributed by atoms with Gasteiger partial charge < -0.3 is 4.57 Å². The van der Waals surface area contributed by atoms with Crippen LogP contribution in [0.4, 0.5) is 17.6 Å². The smallest absolute Gasteiger partial charge is 0.340 e.